The Labute approximate surface area is 162 Å². The Balaban J connectivity index is 1.39. The number of nitrogens with zero attached hydrogens (tertiary/aromatic N) is 1. The van der Waals surface area contributed by atoms with E-state index in [9.17, 15) is 13.2 Å². The first-order valence-electron chi connectivity index (χ1n) is 9.64. The predicted octanol–water partition coefficient (Wildman–Crippen LogP) is 2.49. The number of nitrogens with one attached hydrogen (secondary N) is 2. The summed E-state index contributed by atoms with van der Waals surface area (Å²) < 4.78 is 37.7. The van der Waals surface area contributed by atoms with E-state index < -0.39 is 21.3 Å². The fourth-order valence-electron chi connectivity index (χ4n) is 4.38. The summed E-state index contributed by atoms with van der Waals surface area (Å²) in [5.74, 6) is 0.580. The molecule has 0 atom stereocenters. The molecule has 0 radical (unpaired) electrons. The van der Waals surface area contributed by atoms with Crippen LogP contribution in [0.25, 0.3) is 0 Å². The highest BCUT2D eigenvalue weighted by Crippen LogP contribution is 2.38. The van der Waals surface area contributed by atoms with Crippen LogP contribution < -0.4 is 14.8 Å². The Bertz CT molecular complexity index is 1020. The molecule has 2 aliphatic carbocycles. The number of aryl methyl sites for hydroxylation is 3. The Hall–Kier alpha value is -2.55. The van der Waals surface area contributed by atoms with Gasteiger partial charge in [0.1, 0.15) is 0 Å². The summed E-state index contributed by atoms with van der Waals surface area (Å²) >= 11 is 0. The van der Waals surface area contributed by atoms with E-state index in [4.69, 9.17) is 9.15 Å². The number of hydrogen-bond donors (Lipinski definition) is 2. The molecule has 0 bridgehead atoms. The lowest BCUT2D eigenvalue weighted by molar-refractivity contribution is 0.256. The molecule has 2 heterocycles. The summed E-state index contributed by atoms with van der Waals surface area (Å²) in [5.41, 5.74) is 5.57. The SMILES string of the molecule is O=C(Nc1c2c(cc3c1CCC3)CCC2)NS(=O)(=O)c1nc2c(o1)CCCO2. The molecule has 2 N–H and O–H groups in total. The van der Waals surface area contributed by atoms with Crippen molar-refractivity contribution in [3.05, 3.63) is 34.1 Å². The van der Waals surface area contributed by atoms with Gasteiger partial charge in [0.25, 0.3) is 5.88 Å². The summed E-state index contributed by atoms with van der Waals surface area (Å²) in [6.45, 7) is 0.469. The van der Waals surface area contributed by atoms with Gasteiger partial charge in [-0.05, 0) is 67.2 Å². The van der Waals surface area contributed by atoms with Crippen molar-refractivity contribution in [2.45, 2.75) is 56.6 Å². The molecule has 3 aliphatic rings. The van der Waals surface area contributed by atoms with Gasteiger partial charge in [-0.15, -0.1) is 0 Å². The molecule has 1 aliphatic heterocycles. The van der Waals surface area contributed by atoms with E-state index in [2.05, 4.69) is 16.4 Å². The van der Waals surface area contributed by atoms with Gasteiger partial charge < -0.3 is 14.5 Å². The molecule has 9 heteroatoms. The van der Waals surface area contributed by atoms with Crippen LogP contribution in [-0.2, 0) is 42.1 Å². The van der Waals surface area contributed by atoms with Gasteiger partial charge in [-0.1, -0.05) is 6.07 Å². The third kappa shape index (κ3) is 2.94. The average molecular weight is 403 g/mol. The lowest BCUT2D eigenvalue weighted by Crippen LogP contribution is -2.35. The first-order valence-corrected chi connectivity index (χ1v) is 11.1. The van der Waals surface area contributed by atoms with Crippen LogP contribution >= 0.6 is 0 Å². The van der Waals surface area contributed by atoms with Crippen LogP contribution in [0.4, 0.5) is 10.5 Å². The molecule has 2 amide bonds. The largest absolute Gasteiger partial charge is 0.475 e. The number of rotatable bonds is 3. The Kier molecular flexibility index (Phi) is 4.08. The number of carbonyl (C=O) groups excluding carboxylic acids is 1. The maximum atomic E-state index is 12.5. The predicted molar refractivity (Wildman–Crippen MR) is 100 cm³/mol. The summed E-state index contributed by atoms with van der Waals surface area (Å²) in [6.07, 6.45) is 7.19. The smallest absolute Gasteiger partial charge is 0.340 e. The normalized spacial score (nSPS) is 17.4. The maximum Gasteiger partial charge on any atom is 0.340 e. The van der Waals surface area contributed by atoms with Gasteiger partial charge in [0.15, 0.2) is 5.76 Å². The lowest BCUT2D eigenvalue weighted by atomic mass is 9.99. The van der Waals surface area contributed by atoms with E-state index in [-0.39, 0.29) is 5.88 Å². The molecule has 0 spiro atoms. The first-order chi connectivity index (χ1) is 13.5. The number of ether oxygens (including phenoxy) is 1. The molecule has 1 aromatic heterocycles. The zero-order chi connectivity index (χ0) is 19.3. The van der Waals surface area contributed by atoms with Crippen LogP contribution in [0.15, 0.2) is 15.7 Å². The number of hydrogen-bond acceptors (Lipinski definition) is 6. The third-order valence-corrected chi connectivity index (χ3v) is 6.69. The maximum absolute atomic E-state index is 12.5. The van der Waals surface area contributed by atoms with Crippen molar-refractivity contribution in [3.8, 4) is 5.88 Å². The summed E-state index contributed by atoms with van der Waals surface area (Å²) in [7, 11) is -4.22. The minimum atomic E-state index is -4.22. The highest BCUT2D eigenvalue weighted by Gasteiger charge is 2.30. The first kappa shape index (κ1) is 17.5. The summed E-state index contributed by atoms with van der Waals surface area (Å²) in [6, 6.07) is 1.45. The number of anilines is 1. The minimum Gasteiger partial charge on any atom is -0.475 e. The number of benzene rings is 1. The van der Waals surface area contributed by atoms with Gasteiger partial charge in [0.05, 0.1) is 6.61 Å². The van der Waals surface area contributed by atoms with Gasteiger partial charge in [0, 0.05) is 12.1 Å². The molecule has 0 unspecified atom stereocenters. The van der Waals surface area contributed by atoms with Crippen molar-refractivity contribution in [2.75, 3.05) is 11.9 Å². The van der Waals surface area contributed by atoms with Crippen LogP contribution in [0.3, 0.4) is 0 Å². The number of sulfonamides is 1. The Morgan fingerprint density at radius 2 is 1.71 bits per heavy atom. The molecular formula is C19H21N3O5S. The molecule has 0 fully saturated rings. The van der Waals surface area contributed by atoms with E-state index in [1.54, 1.807) is 0 Å². The number of urea groups is 1. The van der Waals surface area contributed by atoms with Gasteiger partial charge in [-0.2, -0.15) is 13.4 Å². The second kappa shape index (κ2) is 6.51. The molecule has 0 saturated heterocycles. The molecule has 5 rings (SSSR count). The van der Waals surface area contributed by atoms with E-state index in [1.807, 2.05) is 4.72 Å². The quantitative estimate of drug-likeness (QED) is 0.815. The standard InChI is InChI=1S/C19H21N3O5S/c23-18(22-28(24,25)19-21-17-15(27-19)8-3-9-26-17)20-16-13-6-1-4-11(13)10-12-5-2-7-14(12)16/h10H,1-9H2,(H2,20,22,23). The number of amides is 2. The Morgan fingerprint density at radius 1 is 1.00 bits per heavy atom. The topological polar surface area (TPSA) is 111 Å². The van der Waals surface area contributed by atoms with Crippen LogP contribution in [0.1, 0.15) is 47.3 Å². The second-order valence-electron chi connectivity index (χ2n) is 7.45. The monoisotopic (exact) mass is 403 g/mol. The number of oxazole rings is 1. The fourth-order valence-corrected chi connectivity index (χ4v) is 5.17. The molecule has 8 nitrogen and oxygen atoms in total. The van der Waals surface area contributed by atoms with Gasteiger partial charge in [-0.25, -0.2) is 9.52 Å². The van der Waals surface area contributed by atoms with E-state index in [0.717, 1.165) is 61.8 Å². The van der Waals surface area contributed by atoms with E-state index in [0.29, 0.717) is 18.8 Å². The van der Waals surface area contributed by atoms with E-state index >= 15 is 0 Å². The molecule has 0 saturated carbocycles. The van der Waals surface area contributed by atoms with Crippen molar-refractivity contribution in [3.63, 3.8) is 0 Å². The highest BCUT2D eigenvalue weighted by molar-refractivity contribution is 7.89. The van der Waals surface area contributed by atoms with Crippen molar-refractivity contribution in [1.82, 2.24) is 9.71 Å². The fraction of sp³-hybridized carbons (Fsp3) is 0.474. The van der Waals surface area contributed by atoms with Crippen LogP contribution in [0.5, 0.6) is 5.88 Å². The zero-order valence-corrected chi connectivity index (χ0v) is 16.2. The minimum absolute atomic E-state index is 0.186. The molecular weight excluding hydrogens is 382 g/mol. The summed E-state index contributed by atoms with van der Waals surface area (Å²) in [4.78, 5) is 16.4. The second-order valence-corrected chi connectivity index (χ2v) is 9.01. The van der Waals surface area contributed by atoms with Gasteiger partial charge in [0.2, 0.25) is 0 Å². The van der Waals surface area contributed by atoms with Crippen LogP contribution in [0.2, 0.25) is 0 Å². The average Bonchev–Trinajstić information content (AvgIpc) is 3.39. The number of fused-ring (bicyclic) bond motifs is 3. The Morgan fingerprint density at radius 3 is 2.39 bits per heavy atom. The third-order valence-electron chi connectivity index (χ3n) is 5.60. The summed E-state index contributed by atoms with van der Waals surface area (Å²) in [5, 5.41) is 2.26. The van der Waals surface area contributed by atoms with Crippen molar-refractivity contribution in [1.29, 1.82) is 0 Å². The van der Waals surface area contributed by atoms with Crippen LogP contribution in [0, 0.1) is 0 Å². The lowest BCUT2D eigenvalue weighted by Gasteiger charge is -2.16. The van der Waals surface area contributed by atoms with Crippen molar-refractivity contribution in [2.24, 2.45) is 0 Å². The molecule has 2 aromatic rings. The highest BCUT2D eigenvalue weighted by atomic mass is 32.2. The van der Waals surface area contributed by atoms with Crippen molar-refractivity contribution >= 4 is 21.7 Å². The molecule has 28 heavy (non-hydrogen) atoms. The molecule has 148 valence electrons. The van der Waals surface area contributed by atoms with Crippen LogP contribution in [-0.4, -0.2) is 26.0 Å². The van der Waals surface area contributed by atoms with Gasteiger partial charge >= 0.3 is 21.3 Å². The number of carbonyl (C=O) groups is 1. The molecule has 1 aromatic carbocycles. The zero-order valence-electron chi connectivity index (χ0n) is 15.3. The van der Waals surface area contributed by atoms with E-state index in [1.165, 1.54) is 11.1 Å². The van der Waals surface area contributed by atoms with Crippen molar-refractivity contribution < 1.29 is 22.4 Å². The van der Waals surface area contributed by atoms with Gasteiger partial charge in [-0.3, -0.25) is 0 Å². The number of aromatic nitrogens is 1.